The Labute approximate surface area is 110 Å². The molecule has 2 N–H and O–H groups in total. The largest absolute Gasteiger partial charge is 0.360 e. The molecule has 1 heterocycles. The molecule has 1 rings (SSSR count). The topological polar surface area (TPSA) is 84.2 Å². The zero-order chi connectivity index (χ0) is 13.5. The summed E-state index contributed by atoms with van der Waals surface area (Å²) in [5.74, 6) is 1.23. The van der Waals surface area contributed by atoms with Crippen molar-refractivity contribution in [1.29, 1.82) is 0 Å². The Morgan fingerprint density at radius 1 is 1.39 bits per heavy atom. The molecule has 1 aromatic heterocycles. The molecule has 0 fully saturated rings. The van der Waals surface area contributed by atoms with Crippen molar-refractivity contribution in [3.8, 4) is 0 Å². The molecule has 0 aliphatic carbocycles. The molecule has 0 saturated carbocycles. The van der Waals surface area contributed by atoms with E-state index in [2.05, 4.69) is 15.8 Å². The summed E-state index contributed by atoms with van der Waals surface area (Å²) in [5.41, 5.74) is 0. The van der Waals surface area contributed by atoms with Crippen molar-refractivity contribution in [2.45, 2.75) is 26.8 Å². The number of anilines is 1. The number of nitrogens with zero attached hydrogens (tertiary/aromatic N) is 1. The molecule has 0 spiro atoms. The summed E-state index contributed by atoms with van der Waals surface area (Å²) in [4.78, 5) is 22.8. The van der Waals surface area contributed by atoms with Gasteiger partial charge < -0.3 is 15.2 Å². The number of amides is 2. The van der Waals surface area contributed by atoms with Crippen molar-refractivity contribution in [2.75, 3.05) is 16.8 Å². The maximum atomic E-state index is 11.5. The van der Waals surface area contributed by atoms with Crippen LogP contribution in [0.25, 0.3) is 0 Å². The van der Waals surface area contributed by atoms with E-state index in [0.717, 1.165) is 0 Å². The van der Waals surface area contributed by atoms with Crippen LogP contribution in [0.1, 0.15) is 19.6 Å². The van der Waals surface area contributed by atoms with E-state index in [1.807, 2.05) is 13.8 Å². The molecule has 0 bridgehead atoms. The van der Waals surface area contributed by atoms with Gasteiger partial charge in [-0.2, -0.15) is 0 Å². The Morgan fingerprint density at radius 3 is 2.61 bits per heavy atom. The highest BCUT2D eigenvalue weighted by Gasteiger charge is 2.08. The summed E-state index contributed by atoms with van der Waals surface area (Å²) in [6.07, 6.45) is 0. The summed E-state index contributed by atoms with van der Waals surface area (Å²) in [5, 5.41) is 8.97. The molecule has 0 saturated heterocycles. The van der Waals surface area contributed by atoms with E-state index in [4.69, 9.17) is 4.52 Å². The van der Waals surface area contributed by atoms with Crippen LogP contribution in [0, 0.1) is 6.92 Å². The van der Waals surface area contributed by atoms with Crippen LogP contribution in [-0.2, 0) is 9.59 Å². The first-order valence-corrected chi connectivity index (χ1v) is 6.73. The second kappa shape index (κ2) is 7.05. The number of hydrogen-bond donors (Lipinski definition) is 2. The zero-order valence-corrected chi connectivity index (χ0v) is 11.5. The molecule has 0 aliphatic rings. The maximum Gasteiger partial charge on any atom is 0.235 e. The monoisotopic (exact) mass is 271 g/mol. The van der Waals surface area contributed by atoms with Gasteiger partial charge in [-0.25, -0.2) is 0 Å². The average molecular weight is 271 g/mol. The lowest BCUT2D eigenvalue weighted by Gasteiger charge is -2.07. The highest BCUT2D eigenvalue weighted by molar-refractivity contribution is 8.00. The fraction of sp³-hybridized carbons (Fsp3) is 0.545. The third-order valence-corrected chi connectivity index (χ3v) is 2.74. The van der Waals surface area contributed by atoms with E-state index in [1.54, 1.807) is 13.0 Å². The van der Waals surface area contributed by atoms with Gasteiger partial charge in [0.25, 0.3) is 0 Å². The molecule has 100 valence electrons. The van der Waals surface area contributed by atoms with Crippen LogP contribution in [0.3, 0.4) is 0 Å². The quantitative estimate of drug-likeness (QED) is 0.811. The zero-order valence-electron chi connectivity index (χ0n) is 10.6. The molecule has 0 radical (unpaired) electrons. The van der Waals surface area contributed by atoms with Crippen LogP contribution in [0.2, 0.25) is 0 Å². The Bertz CT molecular complexity index is 417. The van der Waals surface area contributed by atoms with Crippen LogP contribution in [0.4, 0.5) is 5.82 Å². The smallest absolute Gasteiger partial charge is 0.235 e. The molecule has 2 amide bonds. The molecule has 1 aromatic rings. The molecule has 0 aromatic carbocycles. The molecule has 7 heteroatoms. The minimum Gasteiger partial charge on any atom is -0.360 e. The Kier molecular flexibility index (Phi) is 5.70. The first-order chi connectivity index (χ1) is 8.47. The second-order valence-corrected chi connectivity index (χ2v) is 5.07. The van der Waals surface area contributed by atoms with Gasteiger partial charge >= 0.3 is 0 Å². The van der Waals surface area contributed by atoms with Crippen molar-refractivity contribution >= 4 is 29.4 Å². The molecule has 0 atom stereocenters. The van der Waals surface area contributed by atoms with Gasteiger partial charge in [-0.3, -0.25) is 9.59 Å². The maximum absolute atomic E-state index is 11.5. The highest BCUT2D eigenvalue weighted by Crippen LogP contribution is 2.08. The van der Waals surface area contributed by atoms with Crippen molar-refractivity contribution in [1.82, 2.24) is 10.5 Å². The lowest BCUT2D eigenvalue weighted by molar-refractivity contribution is -0.119. The number of nitrogens with one attached hydrogen (secondary N) is 2. The average Bonchev–Trinajstić information content (AvgIpc) is 2.62. The lowest BCUT2D eigenvalue weighted by atomic mass is 10.4. The van der Waals surface area contributed by atoms with Gasteiger partial charge in [-0.1, -0.05) is 5.16 Å². The molecule has 6 nitrogen and oxygen atoms in total. The Hall–Kier alpha value is -1.50. The van der Waals surface area contributed by atoms with Crippen LogP contribution < -0.4 is 10.6 Å². The summed E-state index contributed by atoms with van der Waals surface area (Å²) in [6, 6.07) is 1.75. The fourth-order valence-corrected chi connectivity index (χ4v) is 1.83. The van der Waals surface area contributed by atoms with E-state index >= 15 is 0 Å². The third kappa shape index (κ3) is 5.72. The Balaban J connectivity index is 2.19. The van der Waals surface area contributed by atoms with Gasteiger partial charge in [0.15, 0.2) is 5.82 Å². The molecular formula is C11H17N3O3S. The number of aryl methyl sites for hydroxylation is 1. The van der Waals surface area contributed by atoms with Gasteiger partial charge in [-0.05, 0) is 20.8 Å². The van der Waals surface area contributed by atoms with E-state index in [0.29, 0.717) is 11.6 Å². The van der Waals surface area contributed by atoms with E-state index in [9.17, 15) is 9.59 Å². The summed E-state index contributed by atoms with van der Waals surface area (Å²) in [6.45, 7) is 5.53. The van der Waals surface area contributed by atoms with Gasteiger partial charge in [0.05, 0.1) is 11.5 Å². The first-order valence-electron chi connectivity index (χ1n) is 5.57. The normalized spacial score (nSPS) is 10.4. The van der Waals surface area contributed by atoms with Crippen LogP contribution in [0.15, 0.2) is 10.6 Å². The van der Waals surface area contributed by atoms with Gasteiger partial charge in [0.2, 0.25) is 11.8 Å². The molecule has 0 aliphatic heterocycles. The third-order valence-electron chi connectivity index (χ3n) is 1.81. The number of rotatable bonds is 6. The van der Waals surface area contributed by atoms with Crippen LogP contribution in [0.5, 0.6) is 0 Å². The minimum absolute atomic E-state index is 0.0694. The van der Waals surface area contributed by atoms with Crippen molar-refractivity contribution < 1.29 is 14.1 Å². The predicted octanol–water partition coefficient (Wildman–Crippen LogP) is 1.18. The van der Waals surface area contributed by atoms with Crippen molar-refractivity contribution in [3.63, 3.8) is 0 Å². The lowest BCUT2D eigenvalue weighted by Crippen LogP contribution is -2.31. The molecule has 18 heavy (non-hydrogen) atoms. The number of carbonyl (C=O) groups is 2. The number of thioether (sulfide) groups is 1. The van der Waals surface area contributed by atoms with E-state index in [-0.39, 0.29) is 29.4 Å². The molecular weight excluding hydrogens is 254 g/mol. The first kappa shape index (κ1) is 14.6. The summed E-state index contributed by atoms with van der Waals surface area (Å²) in [7, 11) is 0. The number of aromatic nitrogens is 1. The predicted molar refractivity (Wildman–Crippen MR) is 70.5 cm³/mol. The standard InChI is InChI=1S/C11H17N3O3S/c1-7(2)12-10(15)5-18-6-11(16)13-9-4-8(3)17-14-9/h4,7H,5-6H2,1-3H3,(H,12,15)(H,13,14,16). The number of carbonyl (C=O) groups excluding carboxylic acids is 2. The van der Waals surface area contributed by atoms with Crippen LogP contribution in [-0.4, -0.2) is 34.5 Å². The Morgan fingerprint density at radius 2 is 2.06 bits per heavy atom. The summed E-state index contributed by atoms with van der Waals surface area (Å²) >= 11 is 1.26. The van der Waals surface area contributed by atoms with E-state index in [1.165, 1.54) is 11.8 Å². The summed E-state index contributed by atoms with van der Waals surface area (Å²) < 4.78 is 4.82. The van der Waals surface area contributed by atoms with Crippen LogP contribution >= 0.6 is 11.8 Å². The van der Waals surface area contributed by atoms with Crippen molar-refractivity contribution in [2.24, 2.45) is 0 Å². The second-order valence-electron chi connectivity index (χ2n) is 4.09. The number of hydrogen-bond acceptors (Lipinski definition) is 5. The minimum atomic E-state index is -0.203. The highest BCUT2D eigenvalue weighted by atomic mass is 32.2. The SMILES string of the molecule is Cc1cc(NC(=O)CSCC(=O)NC(C)C)no1. The van der Waals surface area contributed by atoms with Gasteiger partial charge in [0, 0.05) is 12.1 Å². The van der Waals surface area contributed by atoms with Gasteiger partial charge in [0.1, 0.15) is 5.76 Å². The fourth-order valence-electron chi connectivity index (χ4n) is 1.20. The molecule has 0 unspecified atom stereocenters. The van der Waals surface area contributed by atoms with Gasteiger partial charge in [-0.15, -0.1) is 11.8 Å². The van der Waals surface area contributed by atoms with Crippen molar-refractivity contribution in [3.05, 3.63) is 11.8 Å². The van der Waals surface area contributed by atoms with E-state index < -0.39 is 0 Å².